The van der Waals surface area contributed by atoms with Crippen LogP contribution in [0.2, 0.25) is 0 Å². The van der Waals surface area contributed by atoms with Crippen molar-refractivity contribution >= 4 is 33.6 Å². The summed E-state index contributed by atoms with van der Waals surface area (Å²) in [6.07, 6.45) is 1.59. The minimum atomic E-state index is -4.18. The molecule has 0 saturated carbocycles. The molecule has 0 bridgehead atoms. The highest BCUT2D eigenvalue weighted by Gasteiger charge is 2.23. The molecule has 0 atom stereocenters. The number of para-hydroxylation sites is 1. The number of alkyl halides is 1. The molecule has 1 aliphatic rings. The Balaban J connectivity index is 2.09. The van der Waals surface area contributed by atoms with Gasteiger partial charge in [0, 0.05) is 11.8 Å². The molecule has 0 aliphatic carbocycles. The van der Waals surface area contributed by atoms with Crippen LogP contribution in [0.25, 0.3) is 0 Å². The first-order chi connectivity index (χ1) is 12.4. The Morgan fingerprint density at radius 3 is 2.81 bits per heavy atom. The molecule has 1 aromatic rings. The molecule has 1 aromatic carbocycles. The van der Waals surface area contributed by atoms with Crippen LogP contribution >= 0.6 is 11.6 Å². The highest BCUT2D eigenvalue weighted by atomic mass is 35.5. The average Bonchev–Trinajstić information content (AvgIpc) is 2.59. The average molecular weight is 404 g/mol. The van der Waals surface area contributed by atoms with Crippen molar-refractivity contribution in [3.8, 4) is 5.75 Å². The highest BCUT2D eigenvalue weighted by Crippen LogP contribution is 2.23. The van der Waals surface area contributed by atoms with E-state index < -0.39 is 16.1 Å². The van der Waals surface area contributed by atoms with Crippen molar-refractivity contribution in [2.75, 3.05) is 19.6 Å². The van der Waals surface area contributed by atoms with Crippen LogP contribution in [-0.2, 0) is 14.8 Å². The van der Waals surface area contributed by atoms with E-state index in [0.29, 0.717) is 5.70 Å². The van der Waals surface area contributed by atoms with Crippen molar-refractivity contribution in [2.24, 2.45) is 5.10 Å². The molecule has 12 heteroatoms. The van der Waals surface area contributed by atoms with E-state index >= 15 is 0 Å². The molecule has 1 heterocycles. The standard InChI is InChI=1S/C14H18ClN5O5S/c1-10-9-13(24-2)17-20(16-10)18-14(21)19-26(22,23)12-6-4-3-5-11(12)25-8-7-15/h3-6,9,16H,7-8H2,1-2H3,(H2,18,19,21). The lowest BCUT2D eigenvalue weighted by atomic mass is 10.3. The first-order valence-corrected chi connectivity index (χ1v) is 9.36. The molecule has 0 spiro atoms. The van der Waals surface area contributed by atoms with Gasteiger partial charge in [0.25, 0.3) is 10.0 Å². The SMILES string of the molecule is COC1=NN(NC(=O)NS(=O)(=O)c2ccccc2OCCCl)NC(C)=C1. The number of benzene rings is 1. The molecular weight excluding hydrogens is 386 g/mol. The molecule has 2 rings (SSSR count). The molecule has 26 heavy (non-hydrogen) atoms. The zero-order valence-corrected chi connectivity index (χ0v) is 15.6. The maximum absolute atomic E-state index is 12.5. The van der Waals surface area contributed by atoms with Gasteiger partial charge in [-0.1, -0.05) is 17.2 Å². The topological polar surface area (TPSA) is 121 Å². The van der Waals surface area contributed by atoms with Gasteiger partial charge in [0.1, 0.15) is 17.3 Å². The summed E-state index contributed by atoms with van der Waals surface area (Å²) in [7, 11) is -2.77. The predicted molar refractivity (Wildman–Crippen MR) is 94.7 cm³/mol. The van der Waals surface area contributed by atoms with E-state index in [0.717, 1.165) is 5.23 Å². The van der Waals surface area contributed by atoms with Gasteiger partial charge in [0.05, 0.1) is 13.0 Å². The Morgan fingerprint density at radius 2 is 2.12 bits per heavy atom. The summed E-state index contributed by atoms with van der Waals surface area (Å²) in [5, 5.41) is 4.81. The van der Waals surface area contributed by atoms with Crippen LogP contribution in [0.15, 0.2) is 46.0 Å². The number of hydrogen-bond donors (Lipinski definition) is 3. The second-order valence-corrected chi connectivity index (χ2v) is 6.95. The van der Waals surface area contributed by atoms with Crippen LogP contribution in [-0.4, -0.2) is 45.2 Å². The van der Waals surface area contributed by atoms with Crippen LogP contribution < -0.4 is 20.3 Å². The molecule has 0 radical (unpaired) electrons. The molecule has 3 N–H and O–H groups in total. The minimum absolute atomic E-state index is 0.0861. The lowest BCUT2D eigenvalue weighted by Gasteiger charge is -2.25. The van der Waals surface area contributed by atoms with Gasteiger partial charge in [-0.05, 0) is 19.1 Å². The summed E-state index contributed by atoms with van der Waals surface area (Å²) in [6.45, 7) is 1.83. The van der Waals surface area contributed by atoms with Gasteiger partial charge >= 0.3 is 6.03 Å². The Bertz CT molecular complexity index is 827. The van der Waals surface area contributed by atoms with E-state index in [2.05, 4.69) is 16.0 Å². The monoisotopic (exact) mass is 403 g/mol. The van der Waals surface area contributed by atoms with E-state index in [1.54, 1.807) is 19.1 Å². The minimum Gasteiger partial charge on any atom is -0.491 e. The predicted octanol–water partition coefficient (Wildman–Crippen LogP) is 0.891. The first kappa shape index (κ1) is 19.7. The number of carbonyl (C=O) groups is 1. The maximum atomic E-state index is 12.5. The number of nitrogens with one attached hydrogen (secondary N) is 3. The molecule has 2 amide bonds. The summed E-state index contributed by atoms with van der Waals surface area (Å²) < 4.78 is 37.1. The normalized spacial score (nSPS) is 13.9. The van der Waals surface area contributed by atoms with Crippen molar-refractivity contribution in [2.45, 2.75) is 11.8 Å². The van der Waals surface area contributed by atoms with Crippen LogP contribution in [0, 0.1) is 0 Å². The summed E-state index contributed by atoms with van der Waals surface area (Å²) in [6, 6.07) is 4.87. The number of amides is 2. The Labute approximate surface area is 155 Å². The number of carbonyl (C=O) groups excluding carboxylic acids is 1. The van der Waals surface area contributed by atoms with Gasteiger partial charge < -0.3 is 9.47 Å². The van der Waals surface area contributed by atoms with Gasteiger partial charge in [0.15, 0.2) is 0 Å². The fourth-order valence-corrected chi connectivity index (χ4v) is 3.05. The third kappa shape index (κ3) is 5.17. The highest BCUT2D eigenvalue weighted by molar-refractivity contribution is 7.90. The maximum Gasteiger partial charge on any atom is 0.350 e. The number of sulfonamides is 1. The first-order valence-electron chi connectivity index (χ1n) is 7.34. The van der Waals surface area contributed by atoms with Crippen LogP contribution in [0.5, 0.6) is 5.75 Å². The number of hydrogen-bond acceptors (Lipinski definition) is 8. The lowest BCUT2D eigenvalue weighted by molar-refractivity contribution is 0.138. The smallest absolute Gasteiger partial charge is 0.350 e. The molecule has 0 fully saturated rings. The Morgan fingerprint density at radius 1 is 1.38 bits per heavy atom. The largest absolute Gasteiger partial charge is 0.491 e. The number of rotatable bonds is 6. The Kier molecular flexibility index (Phi) is 6.52. The quantitative estimate of drug-likeness (QED) is 0.603. The molecule has 0 saturated heterocycles. The third-order valence-electron chi connectivity index (χ3n) is 2.94. The molecule has 0 unspecified atom stereocenters. The molecule has 0 aromatic heterocycles. The van der Waals surface area contributed by atoms with Crippen molar-refractivity contribution in [1.29, 1.82) is 0 Å². The lowest BCUT2D eigenvalue weighted by Crippen LogP contribution is -2.53. The fourth-order valence-electron chi connectivity index (χ4n) is 1.93. The van der Waals surface area contributed by atoms with E-state index in [1.165, 1.54) is 25.3 Å². The second kappa shape index (κ2) is 8.63. The molecule has 1 aliphatic heterocycles. The fraction of sp³-hybridized carbons (Fsp3) is 0.286. The third-order valence-corrected chi connectivity index (χ3v) is 4.46. The molecule has 10 nitrogen and oxygen atoms in total. The molecule has 142 valence electrons. The number of urea groups is 1. The number of hydrazone groups is 1. The number of halogens is 1. The molecular formula is C14H18ClN5O5S. The van der Waals surface area contributed by atoms with Gasteiger partial charge in [0.2, 0.25) is 5.90 Å². The summed E-state index contributed by atoms with van der Waals surface area (Å²) >= 11 is 5.55. The van der Waals surface area contributed by atoms with Gasteiger partial charge in [-0.15, -0.1) is 16.8 Å². The van der Waals surface area contributed by atoms with Crippen molar-refractivity contribution in [3.05, 3.63) is 36.0 Å². The second-order valence-electron chi connectivity index (χ2n) is 4.92. The number of nitrogens with zero attached hydrogens (tertiary/aromatic N) is 2. The Hall–Kier alpha value is -2.66. The number of methoxy groups -OCH3 is 1. The van der Waals surface area contributed by atoms with Gasteiger partial charge in [-0.2, -0.15) is 0 Å². The van der Waals surface area contributed by atoms with Gasteiger partial charge in [-0.25, -0.2) is 23.4 Å². The zero-order valence-electron chi connectivity index (χ0n) is 14.0. The van der Waals surface area contributed by atoms with Crippen molar-refractivity contribution < 1.29 is 22.7 Å². The summed E-state index contributed by atoms with van der Waals surface area (Å²) in [4.78, 5) is 11.9. The summed E-state index contributed by atoms with van der Waals surface area (Å²) in [5.41, 5.74) is 5.55. The number of hydrazine groups is 2. The van der Waals surface area contributed by atoms with Crippen LogP contribution in [0.4, 0.5) is 4.79 Å². The van der Waals surface area contributed by atoms with Crippen LogP contribution in [0.3, 0.4) is 0 Å². The van der Waals surface area contributed by atoms with Crippen molar-refractivity contribution in [1.82, 2.24) is 20.8 Å². The zero-order chi connectivity index (χ0) is 19.2. The van der Waals surface area contributed by atoms with E-state index in [-0.39, 0.29) is 29.0 Å². The summed E-state index contributed by atoms with van der Waals surface area (Å²) in [5.74, 6) is 0.502. The number of ether oxygens (including phenoxy) is 2. The van der Waals surface area contributed by atoms with Crippen molar-refractivity contribution in [3.63, 3.8) is 0 Å². The van der Waals surface area contributed by atoms with E-state index in [1.807, 2.05) is 4.72 Å². The van der Waals surface area contributed by atoms with Crippen LogP contribution in [0.1, 0.15) is 6.92 Å². The van der Waals surface area contributed by atoms with E-state index in [4.69, 9.17) is 21.1 Å². The van der Waals surface area contributed by atoms with Gasteiger partial charge in [-0.3, -0.25) is 5.43 Å². The number of allylic oxidation sites excluding steroid dienone is 1. The van der Waals surface area contributed by atoms with E-state index in [9.17, 15) is 13.2 Å².